The van der Waals surface area contributed by atoms with Crippen molar-refractivity contribution in [1.82, 2.24) is 19.4 Å². The van der Waals surface area contributed by atoms with E-state index in [1.54, 1.807) is 0 Å². The van der Waals surface area contributed by atoms with E-state index < -0.39 is 5.97 Å². The summed E-state index contributed by atoms with van der Waals surface area (Å²) in [5.41, 5.74) is 1.19. The van der Waals surface area contributed by atoms with Crippen molar-refractivity contribution in [2.75, 3.05) is 33.2 Å². The fraction of sp³-hybridized carbons (Fsp3) is 0.733. The van der Waals surface area contributed by atoms with E-state index >= 15 is 0 Å². The van der Waals surface area contributed by atoms with Crippen LogP contribution in [0.2, 0.25) is 0 Å². The summed E-state index contributed by atoms with van der Waals surface area (Å²) in [6.07, 6.45) is 1.94. The van der Waals surface area contributed by atoms with Gasteiger partial charge in [0.1, 0.15) is 5.82 Å². The van der Waals surface area contributed by atoms with Crippen molar-refractivity contribution in [3.63, 3.8) is 0 Å². The number of carboxylic acids is 1. The Hall–Kier alpha value is -1.40. The zero-order chi connectivity index (χ0) is 15.0. The van der Waals surface area contributed by atoms with Gasteiger partial charge in [0.2, 0.25) is 0 Å². The van der Waals surface area contributed by atoms with Gasteiger partial charge in [-0.1, -0.05) is 6.92 Å². The van der Waals surface area contributed by atoms with Gasteiger partial charge in [0.15, 0.2) is 5.69 Å². The van der Waals surface area contributed by atoms with Crippen molar-refractivity contribution < 1.29 is 9.90 Å². The van der Waals surface area contributed by atoms with Crippen molar-refractivity contribution in [2.24, 2.45) is 5.92 Å². The second-order valence-electron chi connectivity index (χ2n) is 6.46. The number of aromatic carboxylic acids is 1. The number of piperazine rings is 1. The first-order chi connectivity index (χ1) is 10.0. The Balaban J connectivity index is 1.82. The molecular formula is C15H24N4O2. The Kier molecular flexibility index (Phi) is 3.99. The van der Waals surface area contributed by atoms with Crippen LogP contribution in [0.25, 0.3) is 0 Å². The Bertz CT molecular complexity index is 532. The van der Waals surface area contributed by atoms with Crippen LogP contribution < -0.4 is 0 Å². The molecule has 21 heavy (non-hydrogen) atoms. The predicted molar refractivity (Wildman–Crippen MR) is 79.4 cm³/mol. The Morgan fingerprint density at radius 3 is 2.67 bits per heavy atom. The number of carboxylic acid groups (broad SMARTS) is 1. The standard InChI is InChI=1S/C15H24N4O2/c1-11-3-4-19-12(9-11)14(15(20)21)16-13(19)10-18-7-5-17(2)6-8-18/h11H,3-10H2,1-2H3,(H,20,21). The lowest BCUT2D eigenvalue weighted by Crippen LogP contribution is -2.44. The third kappa shape index (κ3) is 2.96. The fourth-order valence-corrected chi connectivity index (χ4v) is 3.29. The molecule has 1 saturated heterocycles. The first-order valence-corrected chi connectivity index (χ1v) is 7.77. The summed E-state index contributed by atoms with van der Waals surface area (Å²) in [5.74, 6) is 0.583. The molecule has 0 amide bonds. The molecule has 6 nitrogen and oxygen atoms in total. The average Bonchev–Trinajstić information content (AvgIpc) is 2.79. The Labute approximate surface area is 125 Å². The molecule has 0 aromatic carbocycles. The van der Waals surface area contributed by atoms with Crippen molar-refractivity contribution in [3.8, 4) is 0 Å². The van der Waals surface area contributed by atoms with Gasteiger partial charge >= 0.3 is 5.97 Å². The molecule has 0 aliphatic carbocycles. The number of hydrogen-bond acceptors (Lipinski definition) is 4. The van der Waals surface area contributed by atoms with Crippen molar-refractivity contribution in [3.05, 3.63) is 17.2 Å². The minimum atomic E-state index is -0.891. The number of imidazole rings is 1. The van der Waals surface area contributed by atoms with Crippen molar-refractivity contribution in [2.45, 2.75) is 32.9 Å². The van der Waals surface area contributed by atoms with E-state index in [0.29, 0.717) is 5.92 Å². The van der Waals surface area contributed by atoms with E-state index in [2.05, 4.69) is 33.3 Å². The number of likely N-dealkylation sites (N-methyl/N-ethyl adjacent to an activating group) is 1. The molecule has 3 rings (SSSR count). The molecule has 0 bridgehead atoms. The molecule has 2 aliphatic rings. The molecule has 3 heterocycles. The third-order valence-electron chi connectivity index (χ3n) is 4.70. The van der Waals surface area contributed by atoms with Crippen molar-refractivity contribution >= 4 is 5.97 Å². The highest BCUT2D eigenvalue weighted by atomic mass is 16.4. The summed E-state index contributed by atoms with van der Waals surface area (Å²) in [7, 11) is 2.14. The van der Waals surface area contributed by atoms with Crippen LogP contribution in [0.1, 0.15) is 35.4 Å². The Morgan fingerprint density at radius 2 is 2.00 bits per heavy atom. The van der Waals surface area contributed by atoms with Crippen LogP contribution in [0, 0.1) is 5.92 Å². The number of hydrogen-bond donors (Lipinski definition) is 1. The molecule has 1 N–H and O–H groups in total. The van der Waals surface area contributed by atoms with E-state index in [1.165, 1.54) is 0 Å². The molecule has 6 heteroatoms. The van der Waals surface area contributed by atoms with Gasteiger partial charge < -0.3 is 14.6 Å². The van der Waals surface area contributed by atoms with Gasteiger partial charge in [0, 0.05) is 32.7 Å². The fourth-order valence-electron chi connectivity index (χ4n) is 3.29. The van der Waals surface area contributed by atoms with Gasteiger partial charge in [-0.05, 0) is 25.8 Å². The number of nitrogens with zero attached hydrogens (tertiary/aromatic N) is 4. The quantitative estimate of drug-likeness (QED) is 0.897. The topological polar surface area (TPSA) is 61.6 Å². The zero-order valence-corrected chi connectivity index (χ0v) is 12.9. The summed E-state index contributed by atoms with van der Waals surface area (Å²) in [5, 5.41) is 9.38. The van der Waals surface area contributed by atoms with Crippen molar-refractivity contribution in [1.29, 1.82) is 0 Å². The molecule has 1 fully saturated rings. The van der Waals surface area contributed by atoms with Crippen LogP contribution in [0.15, 0.2) is 0 Å². The molecule has 1 aromatic rings. The van der Waals surface area contributed by atoms with Gasteiger partial charge in [-0.2, -0.15) is 0 Å². The van der Waals surface area contributed by atoms with Crippen LogP contribution in [0.4, 0.5) is 0 Å². The average molecular weight is 292 g/mol. The Morgan fingerprint density at radius 1 is 1.29 bits per heavy atom. The van der Waals surface area contributed by atoms with Gasteiger partial charge in [-0.15, -0.1) is 0 Å². The summed E-state index contributed by atoms with van der Waals surface area (Å²) < 4.78 is 2.15. The summed E-state index contributed by atoms with van der Waals surface area (Å²) in [6.45, 7) is 8.03. The number of rotatable bonds is 3. The van der Waals surface area contributed by atoms with Gasteiger partial charge in [-0.3, -0.25) is 4.90 Å². The minimum Gasteiger partial charge on any atom is -0.476 e. The maximum atomic E-state index is 11.4. The molecule has 1 unspecified atom stereocenters. The first kappa shape index (κ1) is 14.5. The van der Waals surface area contributed by atoms with Gasteiger partial charge in [0.05, 0.1) is 12.2 Å². The van der Waals surface area contributed by atoms with Crippen LogP contribution in [-0.2, 0) is 19.5 Å². The smallest absolute Gasteiger partial charge is 0.356 e. The second kappa shape index (κ2) is 5.77. The number of fused-ring (bicyclic) bond motifs is 1. The van der Waals surface area contributed by atoms with E-state index in [1.807, 2.05) is 0 Å². The number of aromatic nitrogens is 2. The molecule has 0 saturated carbocycles. The normalized spacial score (nSPS) is 24.0. The van der Waals surface area contributed by atoms with E-state index in [9.17, 15) is 9.90 Å². The van der Waals surface area contributed by atoms with Gasteiger partial charge in [-0.25, -0.2) is 9.78 Å². The van der Waals surface area contributed by atoms with Crippen LogP contribution >= 0.6 is 0 Å². The first-order valence-electron chi connectivity index (χ1n) is 7.77. The van der Waals surface area contributed by atoms with Crippen LogP contribution in [0.5, 0.6) is 0 Å². The molecular weight excluding hydrogens is 268 g/mol. The van der Waals surface area contributed by atoms with E-state index in [0.717, 1.165) is 63.6 Å². The highest BCUT2D eigenvalue weighted by Gasteiger charge is 2.27. The molecule has 1 aromatic heterocycles. The summed E-state index contributed by atoms with van der Waals surface area (Å²) in [6, 6.07) is 0. The minimum absolute atomic E-state index is 0.269. The largest absolute Gasteiger partial charge is 0.476 e. The second-order valence-corrected chi connectivity index (χ2v) is 6.46. The lowest BCUT2D eigenvalue weighted by molar-refractivity contribution is 0.0688. The van der Waals surface area contributed by atoms with E-state index in [4.69, 9.17) is 0 Å². The summed E-state index contributed by atoms with van der Waals surface area (Å²) in [4.78, 5) is 20.6. The molecule has 0 radical (unpaired) electrons. The maximum Gasteiger partial charge on any atom is 0.356 e. The monoisotopic (exact) mass is 292 g/mol. The van der Waals surface area contributed by atoms with E-state index in [-0.39, 0.29) is 5.69 Å². The molecule has 116 valence electrons. The lowest BCUT2D eigenvalue weighted by Gasteiger charge is -2.32. The van der Waals surface area contributed by atoms with Crippen LogP contribution in [-0.4, -0.2) is 63.7 Å². The molecule has 0 spiro atoms. The summed E-state index contributed by atoms with van der Waals surface area (Å²) >= 11 is 0. The van der Waals surface area contributed by atoms with Crippen LogP contribution in [0.3, 0.4) is 0 Å². The predicted octanol–water partition coefficient (Wildman–Crippen LogP) is 0.911. The zero-order valence-electron chi connectivity index (χ0n) is 12.9. The third-order valence-corrected chi connectivity index (χ3v) is 4.70. The molecule has 1 atom stereocenters. The maximum absolute atomic E-state index is 11.4. The highest BCUT2D eigenvalue weighted by Crippen LogP contribution is 2.25. The SMILES string of the molecule is CC1CCn2c(CN3CCN(C)CC3)nc(C(=O)O)c2C1. The molecule has 2 aliphatic heterocycles. The van der Waals surface area contributed by atoms with Gasteiger partial charge in [0.25, 0.3) is 0 Å². The lowest BCUT2D eigenvalue weighted by atomic mass is 9.97. The number of carbonyl (C=O) groups is 1. The highest BCUT2D eigenvalue weighted by molar-refractivity contribution is 5.87.